The Morgan fingerprint density at radius 2 is 1.67 bits per heavy atom. The van der Waals surface area contributed by atoms with Gasteiger partial charge in [-0.05, 0) is 36.8 Å². The summed E-state index contributed by atoms with van der Waals surface area (Å²) in [5.74, 6) is -0.0937. The van der Waals surface area contributed by atoms with Crippen molar-refractivity contribution in [1.29, 1.82) is 0 Å². The van der Waals surface area contributed by atoms with Gasteiger partial charge in [0.2, 0.25) is 0 Å². The van der Waals surface area contributed by atoms with Crippen molar-refractivity contribution in [1.82, 2.24) is 5.32 Å². The van der Waals surface area contributed by atoms with E-state index in [-0.39, 0.29) is 5.91 Å². The molecule has 2 aromatic carbocycles. The lowest BCUT2D eigenvalue weighted by Crippen LogP contribution is -3.12. The number of benzene rings is 2. The Bertz CT molecular complexity index is 830. The molecule has 1 aliphatic rings. The fourth-order valence-corrected chi connectivity index (χ4v) is 3.24. The summed E-state index contributed by atoms with van der Waals surface area (Å²) in [6.45, 7) is 6.39. The van der Waals surface area contributed by atoms with Crippen LogP contribution in [0.1, 0.15) is 28.4 Å². The third-order valence-electron chi connectivity index (χ3n) is 5.12. The van der Waals surface area contributed by atoms with Crippen LogP contribution in [0.25, 0.3) is 0 Å². The number of nitrogens with one attached hydrogen (secondary N) is 2. The molecule has 160 valence electrons. The van der Waals surface area contributed by atoms with Gasteiger partial charge in [-0.15, -0.1) is 0 Å². The highest BCUT2D eigenvalue weighted by atomic mass is 16.5. The van der Waals surface area contributed by atoms with Gasteiger partial charge < -0.3 is 24.4 Å². The maximum absolute atomic E-state index is 12.4. The van der Waals surface area contributed by atoms with E-state index < -0.39 is 12.1 Å². The van der Waals surface area contributed by atoms with E-state index in [2.05, 4.69) is 5.32 Å². The van der Waals surface area contributed by atoms with Crippen LogP contribution in [-0.4, -0.2) is 51.4 Å². The van der Waals surface area contributed by atoms with Gasteiger partial charge in [0.25, 0.3) is 5.91 Å². The molecule has 7 heteroatoms. The number of carbonyl (C=O) groups is 2. The molecule has 0 spiro atoms. The summed E-state index contributed by atoms with van der Waals surface area (Å²) in [5, 5.41) is 2.78. The molecule has 0 aliphatic carbocycles. The Morgan fingerprint density at radius 1 is 1.03 bits per heavy atom. The summed E-state index contributed by atoms with van der Waals surface area (Å²) in [5.41, 5.74) is 2.53. The van der Waals surface area contributed by atoms with Gasteiger partial charge in [0.1, 0.15) is 25.4 Å². The third kappa shape index (κ3) is 6.30. The van der Waals surface area contributed by atoms with Gasteiger partial charge in [-0.3, -0.25) is 4.79 Å². The number of hydrogen-bond acceptors (Lipinski definition) is 5. The predicted molar refractivity (Wildman–Crippen MR) is 111 cm³/mol. The Kier molecular flexibility index (Phi) is 7.82. The molecule has 0 radical (unpaired) electrons. The van der Waals surface area contributed by atoms with E-state index in [4.69, 9.17) is 14.2 Å². The molecule has 1 atom stereocenters. The first-order valence-corrected chi connectivity index (χ1v) is 10.2. The van der Waals surface area contributed by atoms with Crippen LogP contribution in [0.4, 0.5) is 0 Å². The van der Waals surface area contributed by atoms with Gasteiger partial charge in [-0.25, -0.2) is 4.79 Å². The second-order valence-electron chi connectivity index (χ2n) is 7.35. The first-order chi connectivity index (χ1) is 14.5. The number of rotatable bonds is 8. The number of hydrogen-bond donors (Lipinski definition) is 2. The average molecular weight is 413 g/mol. The van der Waals surface area contributed by atoms with Gasteiger partial charge in [0.05, 0.1) is 25.9 Å². The van der Waals surface area contributed by atoms with Crippen LogP contribution in [-0.2, 0) is 27.4 Å². The topological polar surface area (TPSA) is 78.3 Å². The lowest BCUT2D eigenvalue weighted by molar-refractivity contribution is -0.921. The standard InChI is InChI=1S/C23H28N2O5/c1-17(22(26)24-15-18-5-9-21(28-2)10-6-18)30-23(27)20-7-3-19(4-8-20)16-25-11-13-29-14-12-25/h3-10,17H,11-16H2,1-2H3,(H,24,26)/p+1/t17-/m0/s1. The molecule has 0 unspecified atom stereocenters. The molecule has 1 aliphatic heterocycles. The Morgan fingerprint density at radius 3 is 2.30 bits per heavy atom. The fraction of sp³-hybridized carbons (Fsp3) is 0.391. The van der Waals surface area contributed by atoms with E-state index in [0.29, 0.717) is 12.1 Å². The zero-order valence-corrected chi connectivity index (χ0v) is 17.5. The van der Waals surface area contributed by atoms with E-state index in [0.717, 1.165) is 49.7 Å². The summed E-state index contributed by atoms with van der Waals surface area (Å²) >= 11 is 0. The smallest absolute Gasteiger partial charge is 0.338 e. The van der Waals surface area contributed by atoms with Crippen molar-refractivity contribution < 1.29 is 28.7 Å². The molecule has 1 fully saturated rings. The monoisotopic (exact) mass is 413 g/mol. The number of methoxy groups -OCH3 is 1. The summed E-state index contributed by atoms with van der Waals surface area (Å²) in [4.78, 5) is 26.1. The largest absolute Gasteiger partial charge is 0.497 e. The minimum Gasteiger partial charge on any atom is -0.497 e. The van der Waals surface area contributed by atoms with Gasteiger partial charge in [0.15, 0.2) is 6.10 Å². The summed E-state index contributed by atoms with van der Waals surface area (Å²) in [6, 6.07) is 14.8. The highest BCUT2D eigenvalue weighted by molar-refractivity contribution is 5.92. The number of esters is 1. The molecule has 1 amide bonds. The van der Waals surface area contributed by atoms with Crippen LogP contribution < -0.4 is 15.0 Å². The normalized spacial score (nSPS) is 15.3. The fourth-order valence-electron chi connectivity index (χ4n) is 3.24. The Labute approximate surface area is 176 Å². The lowest BCUT2D eigenvalue weighted by Gasteiger charge is -2.23. The average Bonchev–Trinajstić information content (AvgIpc) is 2.79. The molecule has 1 heterocycles. The molecule has 2 N–H and O–H groups in total. The van der Waals surface area contributed by atoms with Gasteiger partial charge >= 0.3 is 5.97 Å². The van der Waals surface area contributed by atoms with Crippen LogP contribution in [0.5, 0.6) is 5.75 Å². The summed E-state index contributed by atoms with van der Waals surface area (Å²) < 4.78 is 15.8. The van der Waals surface area contributed by atoms with Gasteiger partial charge in [-0.2, -0.15) is 0 Å². The number of amides is 1. The van der Waals surface area contributed by atoms with Crippen LogP contribution in [0.3, 0.4) is 0 Å². The van der Waals surface area contributed by atoms with Gasteiger partial charge in [-0.1, -0.05) is 24.3 Å². The predicted octanol–water partition coefficient (Wildman–Crippen LogP) is 0.972. The lowest BCUT2D eigenvalue weighted by atomic mass is 10.1. The minimum absolute atomic E-state index is 0.341. The molecule has 30 heavy (non-hydrogen) atoms. The number of morpholine rings is 1. The van der Waals surface area contributed by atoms with Crippen molar-refractivity contribution in [2.45, 2.75) is 26.1 Å². The minimum atomic E-state index is -0.881. The molecule has 2 aromatic rings. The summed E-state index contributed by atoms with van der Waals surface area (Å²) in [7, 11) is 1.60. The van der Waals surface area contributed by atoms with Gasteiger partial charge in [0, 0.05) is 12.1 Å². The van der Waals surface area contributed by atoms with Crippen LogP contribution in [0, 0.1) is 0 Å². The number of quaternary nitrogens is 1. The van der Waals surface area contributed by atoms with Crippen LogP contribution in [0.2, 0.25) is 0 Å². The molecular weight excluding hydrogens is 384 g/mol. The van der Waals surface area contributed by atoms with E-state index in [1.54, 1.807) is 26.2 Å². The molecule has 7 nitrogen and oxygen atoms in total. The van der Waals surface area contributed by atoms with E-state index in [9.17, 15) is 9.59 Å². The van der Waals surface area contributed by atoms with Crippen molar-refractivity contribution in [3.05, 3.63) is 65.2 Å². The first-order valence-electron chi connectivity index (χ1n) is 10.2. The second kappa shape index (κ2) is 10.8. The highest BCUT2D eigenvalue weighted by Crippen LogP contribution is 2.11. The van der Waals surface area contributed by atoms with Crippen molar-refractivity contribution in [2.75, 3.05) is 33.4 Å². The Balaban J connectivity index is 1.45. The molecule has 1 saturated heterocycles. The van der Waals surface area contributed by atoms with Crippen molar-refractivity contribution >= 4 is 11.9 Å². The van der Waals surface area contributed by atoms with E-state index in [1.165, 1.54) is 4.90 Å². The number of carbonyl (C=O) groups excluding carboxylic acids is 2. The third-order valence-corrected chi connectivity index (χ3v) is 5.12. The molecule has 0 bridgehead atoms. The summed E-state index contributed by atoms with van der Waals surface area (Å²) in [6.07, 6.45) is -0.881. The van der Waals surface area contributed by atoms with E-state index in [1.807, 2.05) is 36.4 Å². The van der Waals surface area contributed by atoms with E-state index >= 15 is 0 Å². The zero-order chi connectivity index (χ0) is 21.3. The van der Waals surface area contributed by atoms with Crippen molar-refractivity contribution in [2.24, 2.45) is 0 Å². The Hall–Kier alpha value is -2.90. The van der Waals surface area contributed by atoms with Crippen molar-refractivity contribution in [3.8, 4) is 5.75 Å². The first kappa shape index (κ1) is 21.8. The van der Waals surface area contributed by atoms with Crippen LogP contribution >= 0.6 is 0 Å². The van der Waals surface area contributed by atoms with Crippen LogP contribution in [0.15, 0.2) is 48.5 Å². The quantitative estimate of drug-likeness (QED) is 0.631. The number of ether oxygens (including phenoxy) is 3. The molecular formula is C23H29N2O5+. The SMILES string of the molecule is COc1ccc(CNC(=O)[C@H](C)OC(=O)c2ccc(C[NH+]3CCOCC3)cc2)cc1. The maximum Gasteiger partial charge on any atom is 0.338 e. The zero-order valence-electron chi connectivity index (χ0n) is 17.5. The maximum atomic E-state index is 12.4. The van der Waals surface area contributed by atoms with Crippen molar-refractivity contribution in [3.63, 3.8) is 0 Å². The second-order valence-corrected chi connectivity index (χ2v) is 7.35. The molecule has 0 aromatic heterocycles. The molecule has 3 rings (SSSR count). The highest BCUT2D eigenvalue weighted by Gasteiger charge is 2.19. The molecule has 0 saturated carbocycles.